The molecule has 84 valence electrons. The molecule has 2 aromatic rings. The van der Waals surface area contributed by atoms with Gasteiger partial charge in [-0.2, -0.15) is 0 Å². The van der Waals surface area contributed by atoms with Crippen molar-refractivity contribution in [2.24, 2.45) is 0 Å². The van der Waals surface area contributed by atoms with Crippen molar-refractivity contribution < 1.29 is 19.4 Å². The van der Waals surface area contributed by atoms with Crippen molar-refractivity contribution in [2.45, 2.75) is 20.8 Å². The number of furan rings is 1. The van der Waals surface area contributed by atoms with Gasteiger partial charge in [0.15, 0.2) is 17.3 Å². The molecule has 1 aromatic heterocycles. The molecule has 2 N–H and O–H groups in total. The predicted molar refractivity (Wildman–Crippen MR) is 59.0 cm³/mol. The second-order valence-corrected chi connectivity index (χ2v) is 3.84. The molecule has 0 unspecified atom stereocenters. The van der Waals surface area contributed by atoms with Crippen LogP contribution in [-0.4, -0.2) is 16.0 Å². The van der Waals surface area contributed by atoms with E-state index < -0.39 is 0 Å². The van der Waals surface area contributed by atoms with Gasteiger partial charge in [0, 0.05) is 10.9 Å². The van der Waals surface area contributed by atoms with Gasteiger partial charge in [-0.15, -0.1) is 0 Å². The Kier molecular flexibility index (Phi) is 2.15. The molecule has 0 aliphatic heterocycles. The molecule has 0 atom stereocenters. The van der Waals surface area contributed by atoms with Gasteiger partial charge in [0.25, 0.3) is 0 Å². The molecule has 0 radical (unpaired) electrons. The lowest BCUT2D eigenvalue weighted by molar-refractivity contribution is 0.101. The van der Waals surface area contributed by atoms with E-state index in [4.69, 9.17) is 4.42 Å². The molecule has 1 aromatic carbocycles. The minimum Gasteiger partial charge on any atom is -0.504 e. The molecule has 0 aliphatic carbocycles. The van der Waals surface area contributed by atoms with E-state index in [-0.39, 0.29) is 17.3 Å². The number of Topliss-reactive ketones (excluding diaryl/α,β-unsaturated/α-hetero) is 1. The van der Waals surface area contributed by atoms with Gasteiger partial charge >= 0.3 is 0 Å². The number of phenols is 2. The molecule has 4 nitrogen and oxygen atoms in total. The molecule has 0 fully saturated rings. The molecular formula is C12H12O4. The largest absolute Gasteiger partial charge is 0.504 e. The summed E-state index contributed by atoms with van der Waals surface area (Å²) in [7, 11) is 0. The highest BCUT2D eigenvalue weighted by Crippen LogP contribution is 2.38. The third-order valence-electron chi connectivity index (χ3n) is 2.69. The van der Waals surface area contributed by atoms with Gasteiger partial charge in [-0.05, 0) is 26.8 Å². The van der Waals surface area contributed by atoms with E-state index in [9.17, 15) is 15.0 Å². The maximum Gasteiger partial charge on any atom is 0.164 e. The first kappa shape index (κ1) is 10.5. The molecule has 0 saturated carbocycles. The molecule has 0 amide bonds. The Bertz CT molecular complexity index is 593. The van der Waals surface area contributed by atoms with Crippen LogP contribution < -0.4 is 0 Å². The number of ketones is 1. The number of phenolic OH excluding ortho intramolecular Hbond substituents is 2. The summed E-state index contributed by atoms with van der Waals surface area (Å²) in [6.45, 7) is 4.76. The first-order chi connectivity index (χ1) is 7.43. The molecule has 0 aliphatic rings. The number of hydrogen-bond donors (Lipinski definition) is 2. The second kappa shape index (κ2) is 3.27. The minimum absolute atomic E-state index is 0.124. The number of aromatic hydroxyl groups is 2. The van der Waals surface area contributed by atoms with E-state index in [1.165, 1.54) is 13.0 Å². The summed E-state index contributed by atoms with van der Waals surface area (Å²) in [4.78, 5) is 11.4. The van der Waals surface area contributed by atoms with Crippen molar-refractivity contribution in [1.82, 2.24) is 0 Å². The van der Waals surface area contributed by atoms with Crippen LogP contribution in [0.5, 0.6) is 11.5 Å². The quantitative estimate of drug-likeness (QED) is 0.572. The lowest BCUT2D eigenvalue weighted by Crippen LogP contribution is -1.92. The third kappa shape index (κ3) is 1.26. The fourth-order valence-corrected chi connectivity index (χ4v) is 1.92. The van der Waals surface area contributed by atoms with Gasteiger partial charge in [0.1, 0.15) is 11.3 Å². The minimum atomic E-state index is -0.242. The fraction of sp³-hybridized carbons (Fsp3) is 0.250. The molecule has 2 rings (SSSR count). The Morgan fingerprint density at radius 1 is 1.31 bits per heavy atom. The normalized spacial score (nSPS) is 10.9. The van der Waals surface area contributed by atoms with Gasteiger partial charge in [0.05, 0.1) is 5.56 Å². The fourth-order valence-electron chi connectivity index (χ4n) is 1.92. The highest BCUT2D eigenvalue weighted by atomic mass is 16.3. The number of rotatable bonds is 1. The van der Waals surface area contributed by atoms with Crippen LogP contribution in [0.2, 0.25) is 0 Å². The van der Waals surface area contributed by atoms with Crippen molar-refractivity contribution in [3.05, 3.63) is 23.0 Å². The average molecular weight is 220 g/mol. The van der Waals surface area contributed by atoms with E-state index in [1.807, 2.05) is 0 Å². The van der Waals surface area contributed by atoms with Gasteiger partial charge in [-0.25, -0.2) is 0 Å². The number of fused-ring (bicyclic) bond motifs is 1. The van der Waals surface area contributed by atoms with Crippen LogP contribution in [0.15, 0.2) is 10.5 Å². The lowest BCUT2D eigenvalue weighted by Gasteiger charge is -2.02. The molecule has 1 heterocycles. The Morgan fingerprint density at radius 3 is 2.50 bits per heavy atom. The van der Waals surface area contributed by atoms with E-state index in [0.717, 1.165) is 0 Å². The summed E-state index contributed by atoms with van der Waals surface area (Å²) in [5.41, 5.74) is 1.33. The molecular weight excluding hydrogens is 208 g/mol. The average Bonchev–Trinajstić information content (AvgIpc) is 2.51. The zero-order valence-electron chi connectivity index (χ0n) is 9.29. The van der Waals surface area contributed by atoms with Crippen molar-refractivity contribution >= 4 is 16.8 Å². The number of carbonyl (C=O) groups is 1. The first-order valence-corrected chi connectivity index (χ1v) is 4.89. The molecule has 16 heavy (non-hydrogen) atoms. The zero-order chi connectivity index (χ0) is 12.0. The van der Waals surface area contributed by atoms with Gasteiger partial charge < -0.3 is 14.6 Å². The van der Waals surface area contributed by atoms with Crippen LogP contribution in [0.1, 0.15) is 28.6 Å². The summed E-state index contributed by atoms with van der Waals surface area (Å²) in [6.07, 6.45) is 0. The summed E-state index contributed by atoms with van der Waals surface area (Å²) in [5, 5.41) is 19.6. The van der Waals surface area contributed by atoms with Crippen LogP contribution in [-0.2, 0) is 0 Å². The number of aryl methyl sites for hydroxylation is 2. The molecule has 0 saturated heterocycles. The van der Waals surface area contributed by atoms with Crippen molar-refractivity contribution in [3.63, 3.8) is 0 Å². The standard InChI is InChI=1S/C12H12O4/c1-5-11(15)9(14)4-8-10(6(2)13)7(3)16-12(5)8/h4,14-15H,1-3H3. The topological polar surface area (TPSA) is 70.7 Å². The summed E-state index contributed by atoms with van der Waals surface area (Å²) >= 11 is 0. The maximum atomic E-state index is 11.4. The SMILES string of the molecule is CC(=O)c1c(C)oc2c(C)c(O)c(O)cc12. The monoisotopic (exact) mass is 220 g/mol. The Labute approximate surface area is 92.1 Å². The third-order valence-corrected chi connectivity index (χ3v) is 2.69. The van der Waals surface area contributed by atoms with E-state index >= 15 is 0 Å². The van der Waals surface area contributed by atoms with Crippen LogP contribution in [0, 0.1) is 13.8 Å². The highest BCUT2D eigenvalue weighted by molar-refractivity contribution is 6.08. The zero-order valence-corrected chi connectivity index (χ0v) is 9.29. The van der Waals surface area contributed by atoms with Crippen LogP contribution >= 0.6 is 0 Å². The summed E-state index contributed by atoms with van der Waals surface area (Å²) in [5.74, 6) is -0.0824. The van der Waals surface area contributed by atoms with E-state index in [2.05, 4.69) is 0 Å². The van der Waals surface area contributed by atoms with Gasteiger partial charge in [-0.3, -0.25) is 4.79 Å². The number of hydrogen-bond acceptors (Lipinski definition) is 4. The van der Waals surface area contributed by atoms with E-state index in [0.29, 0.717) is 27.9 Å². The van der Waals surface area contributed by atoms with Crippen LogP contribution in [0.3, 0.4) is 0 Å². The smallest absolute Gasteiger partial charge is 0.164 e. The van der Waals surface area contributed by atoms with Crippen molar-refractivity contribution in [2.75, 3.05) is 0 Å². The van der Waals surface area contributed by atoms with E-state index in [1.54, 1.807) is 13.8 Å². The molecule has 4 heteroatoms. The highest BCUT2D eigenvalue weighted by Gasteiger charge is 2.19. The Balaban J connectivity index is 2.96. The van der Waals surface area contributed by atoms with Gasteiger partial charge in [0.2, 0.25) is 0 Å². The number of benzene rings is 1. The van der Waals surface area contributed by atoms with Crippen LogP contribution in [0.25, 0.3) is 11.0 Å². The van der Waals surface area contributed by atoms with Gasteiger partial charge in [-0.1, -0.05) is 0 Å². The second-order valence-electron chi connectivity index (χ2n) is 3.84. The summed E-state index contributed by atoms with van der Waals surface area (Å²) in [6, 6.07) is 1.35. The Hall–Kier alpha value is -1.97. The van der Waals surface area contributed by atoms with Crippen LogP contribution in [0.4, 0.5) is 0 Å². The Morgan fingerprint density at radius 2 is 1.94 bits per heavy atom. The predicted octanol–water partition coefficient (Wildman–Crippen LogP) is 2.66. The number of carbonyl (C=O) groups excluding carboxylic acids is 1. The lowest BCUT2D eigenvalue weighted by atomic mass is 10.0. The molecule has 0 bridgehead atoms. The van der Waals surface area contributed by atoms with Crippen molar-refractivity contribution in [1.29, 1.82) is 0 Å². The maximum absolute atomic E-state index is 11.4. The first-order valence-electron chi connectivity index (χ1n) is 4.89. The van der Waals surface area contributed by atoms with Crippen molar-refractivity contribution in [3.8, 4) is 11.5 Å². The summed E-state index contributed by atoms with van der Waals surface area (Å²) < 4.78 is 5.44. The molecule has 0 spiro atoms.